The molecule has 9 nitrogen and oxygen atoms in total. The number of carbonyl (C=O) groups is 1. The van der Waals surface area contributed by atoms with Crippen LogP contribution in [0.2, 0.25) is 0 Å². The summed E-state index contributed by atoms with van der Waals surface area (Å²) >= 11 is 0. The summed E-state index contributed by atoms with van der Waals surface area (Å²) in [6, 6.07) is -0.826. The van der Waals surface area contributed by atoms with E-state index >= 15 is 0 Å². The zero-order chi connectivity index (χ0) is 64.2. The van der Waals surface area contributed by atoms with E-state index in [2.05, 4.69) is 92.1 Å². The molecular formula is C80H145NO8. The van der Waals surface area contributed by atoms with Gasteiger partial charge in [-0.3, -0.25) is 4.79 Å². The highest BCUT2D eigenvalue weighted by molar-refractivity contribution is 5.76. The Labute approximate surface area is 550 Å². The summed E-state index contributed by atoms with van der Waals surface area (Å²) in [5, 5.41) is 54.8. The minimum absolute atomic E-state index is 0.182. The second-order valence-electron chi connectivity index (χ2n) is 26.4. The third-order valence-electron chi connectivity index (χ3n) is 18.0. The van der Waals surface area contributed by atoms with Crippen molar-refractivity contribution < 1.29 is 39.8 Å². The van der Waals surface area contributed by atoms with Crippen molar-refractivity contribution in [2.75, 3.05) is 13.2 Å². The average Bonchev–Trinajstić information content (AvgIpc) is 2.28. The Morgan fingerprint density at radius 2 is 0.708 bits per heavy atom. The highest BCUT2D eigenvalue weighted by atomic mass is 16.7. The molecule has 1 saturated heterocycles. The zero-order valence-corrected chi connectivity index (χ0v) is 58.2. The van der Waals surface area contributed by atoms with Crippen LogP contribution in [0.3, 0.4) is 0 Å². The smallest absolute Gasteiger partial charge is 0.220 e. The Balaban J connectivity index is 2.11. The molecule has 0 aromatic carbocycles. The molecule has 518 valence electrons. The van der Waals surface area contributed by atoms with E-state index in [0.717, 1.165) is 70.6 Å². The van der Waals surface area contributed by atoms with Gasteiger partial charge >= 0.3 is 0 Å². The lowest BCUT2D eigenvalue weighted by Gasteiger charge is -2.40. The first-order chi connectivity index (χ1) is 43.8. The first kappa shape index (κ1) is 84.4. The normalized spacial score (nSPS) is 18.3. The molecule has 1 aliphatic heterocycles. The van der Waals surface area contributed by atoms with Gasteiger partial charge in [-0.2, -0.15) is 0 Å². The van der Waals surface area contributed by atoms with Gasteiger partial charge in [0.1, 0.15) is 24.4 Å². The minimum Gasteiger partial charge on any atom is -0.394 e. The Hall–Kier alpha value is -2.63. The number of amides is 1. The summed E-state index contributed by atoms with van der Waals surface area (Å²) in [5.41, 5.74) is 0. The van der Waals surface area contributed by atoms with Crippen molar-refractivity contribution in [3.05, 3.63) is 85.1 Å². The maximum atomic E-state index is 13.2. The fraction of sp³-hybridized carbons (Fsp3) is 0.812. The highest BCUT2D eigenvalue weighted by Crippen LogP contribution is 2.24. The highest BCUT2D eigenvalue weighted by Gasteiger charge is 2.44. The summed E-state index contributed by atoms with van der Waals surface area (Å²) in [4.78, 5) is 13.2. The number of aliphatic hydroxyl groups is 5. The Kier molecular flexibility index (Phi) is 64.7. The lowest BCUT2D eigenvalue weighted by Crippen LogP contribution is -2.60. The molecule has 0 aromatic heterocycles. The minimum atomic E-state index is -1.58. The van der Waals surface area contributed by atoms with Crippen molar-refractivity contribution in [3.8, 4) is 0 Å². The van der Waals surface area contributed by atoms with Gasteiger partial charge in [-0.05, 0) is 77.0 Å². The molecule has 0 saturated carbocycles. The summed E-state index contributed by atoms with van der Waals surface area (Å²) in [7, 11) is 0. The van der Waals surface area contributed by atoms with Crippen molar-refractivity contribution in [2.24, 2.45) is 0 Å². The van der Waals surface area contributed by atoms with E-state index in [-0.39, 0.29) is 12.5 Å². The predicted octanol–water partition coefficient (Wildman–Crippen LogP) is 21.6. The number of nitrogens with one attached hydrogen (secondary N) is 1. The first-order valence-electron chi connectivity index (χ1n) is 38.3. The lowest BCUT2D eigenvalue weighted by molar-refractivity contribution is -0.302. The molecule has 1 aliphatic rings. The van der Waals surface area contributed by atoms with Crippen LogP contribution in [0.5, 0.6) is 0 Å². The van der Waals surface area contributed by atoms with Crippen LogP contribution >= 0.6 is 0 Å². The number of hydrogen-bond acceptors (Lipinski definition) is 8. The van der Waals surface area contributed by atoms with E-state index in [4.69, 9.17) is 9.47 Å². The third-order valence-corrected chi connectivity index (χ3v) is 18.0. The largest absolute Gasteiger partial charge is 0.394 e. The Morgan fingerprint density at radius 3 is 1.08 bits per heavy atom. The molecule has 9 heteroatoms. The van der Waals surface area contributed by atoms with Crippen molar-refractivity contribution in [1.82, 2.24) is 5.32 Å². The SMILES string of the molecule is CC/C=C\C/C=C\C/C=C\C/C=C\C/C=C\CCCCCCCCCCCCCCCCCCCCCC(=O)NC(COC1OC(CO)C(O)C(O)C1O)C(O)/C=C/CC/C=C/CCCCCCCCCCCCCCCCCCCCCCCCCCC. The molecule has 0 radical (unpaired) electrons. The molecule has 1 fully saturated rings. The van der Waals surface area contributed by atoms with Crippen LogP contribution in [0.1, 0.15) is 361 Å². The van der Waals surface area contributed by atoms with Gasteiger partial charge in [0.05, 0.1) is 25.4 Å². The van der Waals surface area contributed by atoms with E-state index in [1.54, 1.807) is 6.08 Å². The van der Waals surface area contributed by atoms with Gasteiger partial charge in [-0.25, -0.2) is 0 Å². The zero-order valence-electron chi connectivity index (χ0n) is 58.2. The Morgan fingerprint density at radius 1 is 0.393 bits per heavy atom. The van der Waals surface area contributed by atoms with E-state index in [1.807, 2.05) is 6.08 Å². The molecule has 1 heterocycles. The maximum absolute atomic E-state index is 13.2. The van der Waals surface area contributed by atoms with Crippen molar-refractivity contribution in [2.45, 2.75) is 403 Å². The van der Waals surface area contributed by atoms with Crippen LogP contribution in [0, 0.1) is 0 Å². The number of aliphatic hydroxyl groups excluding tert-OH is 5. The van der Waals surface area contributed by atoms with Crippen LogP contribution < -0.4 is 5.32 Å². The second-order valence-corrected chi connectivity index (χ2v) is 26.4. The summed E-state index contributed by atoms with van der Waals surface area (Å²) in [6.45, 7) is 3.70. The van der Waals surface area contributed by atoms with Gasteiger partial charge in [-0.15, -0.1) is 0 Å². The second kappa shape index (κ2) is 68.2. The molecule has 0 aliphatic carbocycles. The van der Waals surface area contributed by atoms with Crippen LogP contribution in [0.15, 0.2) is 85.1 Å². The molecule has 0 bridgehead atoms. The summed E-state index contributed by atoms with van der Waals surface area (Å²) < 4.78 is 11.3. The van der Waals surface area contributed by atoms with Crippen molar-refractivity contribution in [1.29, 1.82) is 0 Å². The molecule has 6 N–H and O–H groups in total. The topological polar surface area (TPSA) is 149 Å². The maximum Gasteiger partial charge on any atom is 0.220 e. The number of hydrogen-bond donors (Lipinski definition) is 6. The van der Waals surface area contributed by atoms with E-state index < -0.39 is 49.5 Å². The van der Waals surface area contributed by atoms with Crippen LogP contribution in [0.4, 0.5) is 0 Å². The van der Waals surface area contributed by atoms with Gasteiger partial charge < -0.3 is 40.3 Å². The van der Waals surface area contributed by atoms with E-state index in [1.165, 1.54) is 270 Å². The molecular weight excluding hydrogens is 1100 g/mol. The predicted molar refractivity (Wildman–Crippen MR) is 382 cm³/mol. The molecule has 0 aromatic rings. The van der Waals surface area contributed by atoms with Crippen molar-refractivity contribution >= 4 is 5.91 Å². The molecule has 7 atom stereocenters. The fourth-order valence-corrected chi connectivity index (χ4v) is 12.0. The van der Waals surface area contributed by atoms with Gasteiger partial charge in [-0.1, -0.05) is 362 Å². The van der Waals surface area contributed by atoms with Crippen LogP contribution in [-0.4, -0.2) is 87.5 Å². The average molecular weight is 1250 g/mol. The number of allylic oxidation sites excluding steroid dienone is 13. The van der Waals surface area contributed by atoms with Gasteiger partial charge in [0.25, 0.3) is 0 Å². The van der Waals surface area contributed by atoms with Crippen LogP contribution in [0.25, 0.3) is 0 Å². The number of carbonyl (C=O) groups excluding carboxylic acids is 1. The number of rotatable bonds is 67. The molecule has 1 rings (SSSR count). The summed E-state index contributed by atoms with van der Waals surface area (Å²) in [6.07, 6.45) is 91.5. The van der Waals surface area contributed by atoms with Gasteiger partial charge in [0.15, 0.2) is 6.29 Å². The lowest BCUT2D eigenvalue weighted by atomic mass is 9.99. The Bertz CT molecular complexity index is 1690. The number of unbranched alkanes of at least 4 members (excludes halogenated alkanes) is 45. The molecule has 7 unspecified atom stereocenters. The van der Waals surface area contributed by atoms with Gasteiger partial charge in [0.2, 0.25) is 5.91 Å². The van der Waals surface area contributed by atoms with Gasteiger partial charge in [0, 0.05) is 6.42 Å². The summed E-state index contributed by atoms with van der Waals surface area (Å²) in [5.74, 6) is -0.182. The van der Waals surface area contributed by atoms with E-state index in [9.17, 15) is 30.3 Å². The van der Waals surface area contributed by atoms with E-state index in [0.29, 0.717) is 6.42 Å². The third kappa shape index (κ3) is 56.6. The molecule has 0 spiro atoms. The standard InChI is InChI=1S/C80H145NO8/c1-3-5-7-9-11-13-15-17-19-21-23-25-27-29-31-33-35-36-37-38-40-42-44-46-48-50-52-54-56-58-60-62-64-66-68-70-76(84)81-73(72-88-80-79(87)78(86)77(85)75(71-82)89-80)74(83)69-67-65-63-61-59-57-55-53-51-49-47-45-43-41-39-34-32-30-28-26-24-22-20-18-16-14-12-10-8-6-4-2/h5,7,11,13,17,19,23,25,29,31,59,61,67,69,73-75,77-80,82-83,85-87H,3-4,6,8-10,12,14-16,18,20-22,24,26-28,30,32-58,60,62-66,68,70-72H2,1-2H3,(H,81,84)/b7-5-,13-11-,19-17-,25-23-,31-29-,61-59+,69-67+. The number of ether oxygens (including phenoxy) is 2. The fourth-order valence-electron chi connectivity index (χ4n) is 12.0. The first-order valence-corrected chi connectivity index (χ1v) is 38.3. The van der Waals surface area contributed by atoms with Crippen molar-refractivity contribution in [3.63, 3.8) is 0 Å². The molecule has 1 amide bonds. The monoisotopic (exact) mass is 1250 g/mol. The quantitative estimate of drug-likeness (QED) is 0.0261. The molecule has 89 heavy (non-hydrogen) atoms. The van der Waals surface area contributed by atoms with Crippen LogP contribution in [-0.2, 0) is 14.3 Å².